The molecule has 1 heterocycles. The van der Waals surface area contributed by atoms with E-state index in [9.17, 15) is 13.2 Å². The van der Waals surface area contributed by atoms with Gasteiger partial charge in [-0.2, -0.15) is 0 Å². The molecule has 0 unspecified atom stereocenters. The highest BCUT2D eigenvalue weighted by Crippen LogP contribution is 2.24. The van der Waals surface area contributed by atoms with Crippen LogP contribution in [0.4, 0.5) is 0 Å². The van der Waals surface area contributed by atoms with E-state index in [1.807, 2.05) is 0 Å². The van der Waals surface area contributed by atoms with Crippen LogP contribution in [-0.2, 0) is 15.6 Å². The van der Waals surface area contributed by atoms with E-state index >= 15 is 0 Å². The minimum Gasteiger partial charge on any atom is -0.478 e. The smallest absolute Gasteiger partial charge is 0.336 e. The summed E-state index contributed by atoms with van der Waals surface area (Å²) >= 11 is 6.31. The van der Waals surface area contributed by atoms with Gasteiger partial charge in [-0.25, -0.2) is 13.2 Å². The molecular weight excluding hydrogens is 426 g/mol. The van der Waals surface area contributed by atoms with Crippen LogP contribution in [0, 0.1) is 0 Å². The molecule has 2 aromatic rings. The van der Waals surface area contributed by atoms with E-state index in [4.69, 9.17) is 5.11 Å². The van der Waals surface area contributed by atoms with Crippen LogP contribution >= 0.6 is 31.9 Å². The Labute approximate surface area is 138 Å². The summed E-state index contributed by atoms with van der Waals surface area (Å²) < 4.78 is 25.7. The second kappa shape index (κ2) is 6.25. The number of carboxylic acid groups (broad SMARTS) is 1. The lowest BCUT2D eigenvalue weighted by Crippen LogP contribution is -2.07. The molecule has 0 amide bonds. The Morgan fingerprint density at radius 1 is 1.19 bits per heavy atom. The summed E-state index contributed by atoms with van der Waals surface area (Å²) in [6, 6.07) is 5.58. The Kier molecular flexibility index (Phi) is 4.80. The molecule has 0 atom stereocenters. The van der Waals surface area contributed by atoms with Gasteiger partial charge in [0, 0.05) is 21.3 Å². The first-order chi connectivity index (χ1) is 9.79. The lowest BCUT2D eigenvalue weighted by molar-refractivity contribution is 0.0695. The van der Waals surface area contributed by atoms with Crippen LogP contribution < -0.4 is 0 Å². The summed E-state index contributed by atoms with van der Waals surface area (Å²) in [7, 11) is -3.65. The number of sulfone groups is 1. The fourth-order valence-electron chi connectivity index (χ4n) is 1.70. The summed E-state index contributed by atoms with van der Waals surface area (Å²) in [6.07, 6.45) is 3.01. The highest BCUT2D eigenvalue weighted by Gasteiger charge is 2.19. The molecule has 0 saturated carbocycles. The molecule has 5 nitrogen and oxygen atoms in total. The average Bonchev–Trinajstić information content (AvgIpc) is 2.38. The van der Waals surface area contributed by atoms with Crippen molar-refractivity contribution < 1.29 is 18.3 Å². The third kappa shape index (κ3) is 3.90. The van der Waals surface area contributed by atoms with Gasteiger partial charge in [-0.3, -0.25) is 4.98 Å². The van der Waals surface area contributed by atoms with Crippen molar-refractivity contribution in [2.45, 2.75) is 10.6 Å². The van der Waals surface area contributed by atoms with Crippen LogP contribution in [-0.4, -0.2) is 24.5 Å². The van der Waals surface area contributed by atoms with Crippen LogP contribution in [0.2, 0.25) is 0 Å². The predicted octanol–water partition coefficient (Wildman–Crippen LogP) is 3.28. The maximum absolute atomic E-state index is 12.3. The number of carbonyl (C=O) groups is 1. The first kappa shape index (κ1) is 16.1. The largest absolute Gasteiger partial charge is 0.478 e. The highest BCUT2D eigenvalue weighted by atomic mass is 79.9. The molecule has 110 valence electrons. The number of benzene rings is 1. The highest BCUT2D eigenvalue weighted by molar-refractivity contribution is 9.10. The predicted molar refractivity (Wildman–Crippen MR) is 83.9 cm³/mol. The van der Waals surface area contributed by atoms with Crippen molar-refractivity contribution >= 4 is 47.7 Å². The number of rotatable bonds is 4. The van der Waals surface area contributed by atoms with Crippen molar-refractivity contribution in [1.29, 1.82) is 0 Å². The van der Waals surface area contributed by atoms with Crippen LogP contribution in [0.3, 0.4) is 0 Å². The van der Waals surface area contributed by atoms with Gasteiger partial charge in [0.2, 0.25) is 0 Å². The van der Waals surface area contributed by atoms with E-state index in [1.54, 1.807) is 12.3 Å². The molecule has 1 aromatic heterocycles. The van der Waals surface area contributed by atoms with Crippen LogP contribution in [0.1, 0.15) is 15.9 Å². The van der Waals surface area contributed by atoms with Crippen molar-refractivity contribution in [2.75, 3.05) is 0 Å². The zero-order chi connectivity index (χ0) is 15.6. The fourth-order valence-corrected chi connectivity index (χ4v) is 3.86. The molecule has 0 aliphatic rings. The lowest BCUT2D eigenvalue weighted by Gasteiger charge is -2.07. The Morgan fingerprint density at radius 3 is 2.52 bits per heavy atom. The van der Waals surface area contributed by atoms with E-state index in [0.29, 0.717) is 14.5 Å². The molecule has 0 aliphatic heterocycles. The second-order valence-corrected chi connectivity index (χ2v) is 7.98. The SMILES string of the molecule is O=C(O)c1cc(S(=O)(=O)Cc2cncc(Br)c2)ccc1Br. The minimum absolute atomic E-state index is 0.0388. The summed E-state index contributed by atoms with van der Waals surface area (Å²) in [6.45, 7) is 0. The van der Waals surface area contributed by atoms with Gasteiger partial charge in [-0.1, -0.05) is 0 Å². The van der Waals surface area contributed by atoms with Crippen molar-refractivity contribution in [3.05, 3.63) is 56.7 Å². The number of hydrogen-bond acceptors (Lipinski definition) is 4. The minimum atomic E-state index is -3.65. The third-order valence-electron chi connectivity index (χ3n) is 2.65. The van der Waals surface area contributed by atoms with Crippen LogP contribution in [0.15, 0.2) is 50.5 Å². The number of pyridine rings is 1. The second-order valence-electron chi connectivity index (χ2n) is 4.22. The van der Waals surface area contributed by atoms with Crippen LogP contribution in [0.25, 0.3) is 0 Å². The molecule has 0 aliphatic carbocycles. The van der Waals surface area contributed by atoms with Gasteiger partial charge >= 0.3 is 5.97 Å². The summed E-state index contributed by atoms with van der Waals surface area (Å²) in [5, 5.41) is 9.04. The Morgan fingerprint density at radius 2 is 1.90 bits per heavy atom. The lowest BCUT2D eigenvalue weighted by atomic mass is 10.2. The number of carboxylic acids is 1. The molecule has 1 aromatic carbocycles. The molecule has 21 heavy (non-hydrogen) atoms. The molecule has 0 spiro atoms. The van der Waals surface area contributed by atoms with Crippen molar-refractivity contribution in [2.24, 2.45) is 0 Å². The van der Waals surface area contributed by atoms with E-state index in [-0.39, 0.29) is 16.2 Å². The third-order valence-corrected chi connectivity index (χ3v) is 5.46. The zero-order valence-corrected chi connectivity index (χ0v) is 14.4. The molecule has 0 bridgehead atoms. The quantitative estimate of drug-likeness (QED) is 0.798. The number of aromatic nitrogens is 1. The van der Waals surface area contributed by atoms with E-state index in [2.05, 4.69) is 36.8 Å². The van der Waals surface area contributed by atoms with E-state index in [1.165, 1.54) is 18.3 Å². The molecule has 8 heteroatoms. The van der Waals surface area contributed by atoms with Gasteiger partial charge in [-0.15, -0.1) is 0 Å². The van der Waals surface area contributed by atoms with Gasteiger partial charge in [-0.05, 0) is 61.7 Å². The number of halogens is 2. The van der Waals surface area contributed by atoms with E-state index in [0.717, 1.165) is 6.07 Å². The molecule has 0 saturated heterocycles. The average molecular weight is 435 g/mol. The van der Waals surface area contributed by atoms with Gasteiger partial charge in [0.05, 0.1) is 16.2 Å². The summed E-state index contributed by atoms with van der Waals surface area (Å²) in [5.41, 5.74) is 0.424. The molecular formula is C13H9Br2NO4S. The van der Waals surface area contributed by atoms with Crippen molar-refractivity contribution in [3.8, 4) is 0 Å². The first-order valence-corrected chi connectivity index (χ1v) is 8.88. The standard InChI is InChI=1S/C13H9Br2NO4S/c14-9-3-8(5-16-6-9)7-21(19,20)10-1-2-12(15)11(4-10)13(17)18/h1-6H,7H2,(H,17,18). The Bertz CT molecular complexity index is 806. The fraction of sp³-hybridized carbons (Fsp3) is 0.0769. The number of hydrogen-bond donors (Lipinski definition) is 1. The van der Waals surface area contributed by atoms with Gasteiger partial charge in [0.15, 0.2) is 9.84 Å². The van der Waals surface area contributed by atoms with Crippen molar-refractivity contribution in [1.82, 2.24) is 4.98 Å². The number of nitrogens with zero attached hydrogens (tertiary/aromatic N) is 1. The first-order valence-electron chi connectivity index (χ1n) is 5.64. The molecule has 0 fully saturated rings. The molecule has 1 N–H and O–H groups in total. The number of aromatic carboxylic acids is 1. The summed E-state index contributed by atoms with van der Waals surface area (Å²) in [5.74, 6) is -1.44. The van der Waals surface area contributed by atoms with Gasteiger partial charge in [0.25, 0.3) is 0 Å². The van der Waals surface area contributed by atoms with Crippen molar-refractivity contribution in [3.63, 3.8) is 0 Å². The van der Waals surface area contributed by atoms with E-state index < -0.39 is 15.8 Å². The maximum Gasteiger partial charge on any atom is 0.336 e. The Balaban J connectivity index is 2.40. The normalized spacial score (nSPS) is 11.3. The Hall–Kier alpha value is -1.25. The van der Waals surface area contributed by atoms with Gasteiger partial charge < -0.3 is 5.11 Å². The van der Waals surface area contributed by atoms with Crippen LogP contribution in [0.5, 0.6) is 0 Å². The zero-order valence-electron chi connectivity index (χ0n) is 10.5. The topological polar surface area (TPSA) is 84.3 Å². The monoisotopic (exact) mass is 433 g/mol. The summed E-state index contributed by atoms with van der Waals surface area (Å²) in [4.78, 5) is 14.9. The van der Waals surface area contributed by atoms with Gasteiger partial charge in [0.1, 0.15) is 0 Å². The molecule has 2 rings (SSSR count). The maximum atomic E-state index is 12.3. The molecule has 0 radical (unpaired) electrons.